The molecule has 0 radical (unpaired) electrons. The standard InChI is InChI=1S/C14H15FN4/c1-2-13(14-17-5-6-18-14)19-9-10-3-4-12(15)11(7-10)8-16/h3-7,13,19H,2,9H2,1H3,(H,17,18). The fourth-order valence-corrected chi connectivity index (χ4v) is 1.91. The third-order valence-electron chi connectivity index (χ3n) is 2.96. The predicted octanol–water partition coefficient (Wildman–Crippen LogP) is 2.66. The number of H-pyrrole nitrogens is 1. The molecule has 0 amide bonds. The van der Waals surface area contributed by atoms with E-state index in [-0.39, 0.29) is 11.6 Å². The fraction of sp³-hybridized carbons (Fsp3) is 0.286. The Morgan fingerprint density at radius 1 is 1.53 bits per heavy atom. The quantitative estimate of drug-likeness (QED) is 0.866. The number of benzene rings is 1. The van der Waals surface area contributed by atoms with Crippen LogP contribution in [0, 0.1) is 17.1 Å². The minimum Gasteiger partial charge on any atom is -0.347 e. The number of imidazole rings is 1. The van der Waals surface area contributed by atoms with Gasteiger partial charge in [-0.2, -0.15) is 5.26 Å². The van der Waals surface area contributed by atoms with Crippen molar-refractivity contribution in [3.05, 3.63) is 53.4 Å². The van der Waals surface area contributed by atoms with E-state index >= 15 is 0 Å². The first-order valence-electron chi connectivity index (χ1n) is 6.15. The molecular formula is C14H15FN4. The Morgan fingerprint density at radius 3 is 3.00 bits per heavy atom. The topological polar surface area (TPSA) is 64.5 Å². The maximum atomic E-state index is 13.2. The fourth-order valence-electron chi connectivity index (χ4n) is 1.91. The van der Waals surface area contributed by atoms with Crippen molar-refractivity contribution in [2.45, 2.75) is 25.9 Å². The number of nitriles is 1. The van der Waals surface area contributed by atoms with E-state index in [9.17, 15) is 4.39 Å². The van der Waals surface area contributed by atoms with Gasteiger partial charge < -0.3 is 10.3 Å². The number of nitrogens with one attached hydrogen (secondary N) is 2. The van der Waals surface area contributed by atoms with E-state index in [2.05, 4.69) is 22.2 Å². The zero-order chi connectivity index (χ0) is 13.7. The zero-order valence-electron chi connectivity index (χ0n) is 10.7. The van der Waals surface area contributed by atoms with E-state index in [1.54, 1.807) is 24.5 Å². The number of aromatic amines is 1. The van der Waals surface area contributed by atoms with Crippen LogP contribution in [0.25, 0.3) is 0 Å². The van der Waals surface area contributed by atoms with Crippen LogP contribution in [0.1, 0.15) is 36.3 Å². The first-order chi connectivity index (χ1) is 9.24. The summed E-state index contributed by atoms with van der Waals surface area (Å²) in [6.07, 6.45) is 4.39. The Balaban J connectivity index is 2.04. The molecule has 0 saturated heterocycles. The number of nitrogens with zero attached hydrogens (tertiary/aromatic N) is 2. The lowest BCUT2D eigenvalue weighted by atomic mass is 10.1. The molecular weight excluding hydrogens is 243 g/mol. The van der Waals surface area contributed by atoms with Crippen LogP contribution in [-0.2, 0) is 6.54 Å². The van der Waals surface area contributed by atoms with Crippen LogP contribution >= 0.6 is 0 Å². The summed E-state index contributed by atoms with van der Waals surface area (Å²) in [6, 6.07) is 6.53. The monoisotopic (exact) mass is 258 g/mol. The Bertz CT molecular complexity index is 572. The molecule has 1 unspecified atom stereocenters. The molecule has 5 heteroatoms. The van der Waals surface area contributed by atoms with E-state index in [1.807, 2.05) is 6.07 Å². The van der Waals surface area contributed by atoms with E-state index in [4.69, 9.17) is 5.26 Å². The van der Waals surface area contributed by atoms with Gasteiger partial charge in [-0.15, -0.1) is 0 Å². The van der Waals surface area contributed by atoms with E-state index in [0.717, 1.165) is 17.8 Å². The molecule has 2 rings (SSSR count). The van der Waals surface area contributed by atoms with Gasteiger partial charge in [0.1, 0.15) is 17.7 Å². The highest BCUT2D eigenvalue weighted by atomic mass is 19.1. The Morgan fingerprint density at radius 2 is 2.37 bits per heavy atom. The van der Waals surface area contributed by atoms with Gasteiger partial charge in [0.2, 0.25) is 0 Å². The van der Waals surface area contributed by atoms with Crippen LogP contribution in [0.3, 0.4) is 0 Å². The molecule has 2 N–H and O–H groups in total. The second-order valence-electron chi connectivity index (χ2n) is 4.24. The minimum absolute atomic E-state index is 0.0744. The van der Waals surface area contributed by atoms with Crippen LogP contribution < -0.4 is 5.32 Å². The van der Waals surface area contributed by atoms with Crippen LogP contribution in [0.5, 0.6) is 0 Å². The molecule has 0 saturated carbocycles. The predicted molar refractivity (Wildman–Crippen MR) is 69.6 cm³/mol. The molecule has 0 aliphatic heterocycles. The van der Waals surface area contributed by atoms with Crippen molar-refractivity contribution < 1.29 is 4.39 Å². The average molecular weight is 258 g/mol. The minimum atomic E-state index is -0.482. The summed E-state index contributed by atoms with van der Waals surface area (Å²) in [5, 5.41) is 12.1. The van der Waals surface area contributed by atoms with Crippen molar-refractivity contribution in [1.82, 2.24) is 15.3 Å². The second-order valence-corrected chi connectivity index (χ2v) is 4.24. The van der Waals surface area contributed by atoms with E-state index in [1.165, 1.54) is 6.07 Å². The molecule has 0 bridgehead atoms. The maximum absolute atomic E-state index is 13.2. The number of aromatic nitrogens is 2. The Hall–Kier alpha value is -2.19. The van der Waals surface area contributed by atoms with Crippen molar-refractivity contribution in [2.75, 3.05) is 0 Å². The van der Waals surface area contributed by atoms with Crippen LogP contribution in [0.15, 0.2) is 30.6 Å². The maximum Gasteiger partial charge on any atom is 0.140 e. The summed E-state index contributed by atoms with van der Waals surface area (Å²) in [5.41, 5.74) is 0.952. The zero-order valence-corrected chi connectivity index (χ0v) is 10.7. The first-order valence-corrected chi connectivity index (χ1v) is 6.15. The van der Waals surface area contributed by atoms with Gasteiger partial charge in [-0.25, -0.2) is 9.37 Å². The summed E-state index contributed by atoms with van der Waals surface area (Å²) in [4.78, 5) is 7.29. The summed E-state index contributed by atoms with van der Waals surface area (Å²) in [6.45, 7) is 2.62. The summed E-state index contributed by atoms with van der Waals surface area (Å²) < 4.78 is 13.2. The van der Waals surface area contributed by atoms with Gasteiger partial charge in [-0.05, 0) is 24.1 Å². The molecule has 19 heavy (non-hydrogen) atoms. The molecule has 0 aliphatic carbocycles. The normalized spacial score (nSPS) is 12.1. The van der Waals surface area contributed by atoms with Crippen molar-refractivity contribution in [3.63, 3.8) is 0 Å². The van der Waals surface area contributed by atoms with Gasteiger partial charge in [0.05, 0.1) is 11.6 Å². The molecule has 0 fully saturated rings. The summed E-state index contributed by atoms with van der Waals surface area (Å²) >= 11 is 0. The van der Waals surface area contributed by atoms with Crippen molar-refractivity contribution in [2.24, 2.45) is 0 Å². The van der Waals surface area contributed by atoms with E-state index < -0.39 is 5.82 Å². The lowest BCUT2D eigenvalue weighted by molar-refractivity contribution is 0.497. The molecule has 0 spiro atoms. The summed E-state index contributed by atoms with van der Waals surface area (Å²) in [7, 11) is 0. The smallest absolute Gasteiger partial charge is 0.140 e. The highest BCUT2D eigenvalue weighted by molar-refractivity contribution is 5.34. The van der Waals surface area contributed by atoms with Crippen LogP contribution in [0.2, 0.25) is 0 Å². The average Bonchev–Trinajstić information content (AvgIpc) is 2.95. The number of halogens is 1. The van der Waals surface area contributed by atoms with Crippen molar-refractivity contribution in [3.8, 4) is 6.07 Å². The van der Waals surface area contributed by atoms with E-state index in [0.29, 0.717) is 6.54 Å². The largest absolute Gasteiger partial charge is 0.347 e. The highest BCUT2D eigenvalue weighted by Crippen LogP contribution is 2.14. The van der Waals surface area contributed by atoms with Crippen molar-refractivity contribution in [1.29, 1.82) is 5.26 Å². The SMILES string of the molecule is CCC(NCc1ccc(F)c(C#N)c1)c1ncc[nH]1. The highest BCUT2D eigenvalue weighted by Gasteiger charge is 2.11. The second kappa shape index (κ2) is 6.12. The van der Waals surface area contributed by atoms with Gasteiger partial charge in [0, 0.05) is 18.9 Å². The van der Waals surface area contributed by atoms with Gasteiger partial charge in [-0.3, -0.25) is 0 Å². The lowest BCUT2D eigenvalue weighted by Crippen LogP contribution is -2.21. The first kappa shape index (κ1) is 13.2. The van der Waals surface area contributed by atoms with Gasteiger partial charge in [0.25, 0.3) is 0 Å². The summed E-state index contributed by atoms with van der Waals surface area (Å²) in [5.74, 6) is 0.398. The molecule has 98 valence electrons. The Kier molecular flexibility index (Phi) is 4.26. The lowest BCUT2D eigenvalue weighted by Gasteiger charge is -2.14. The van der Waals surface area contributed by atoms with Gasteiger partial charge in [0.15, 0.2) is 0 Å². The molecule has 2 aromatic rings. The molecule has 1 heterocycles. The molecule has 1 aromatic heterocycles. The molecule has 0 aliphatic rings. The van der Waals surface area contributed by atoms with Gasteiger partial charge in [-0.1, -0.05) is 13.0 Å². The Labute approximate surface area is 111 Å². The van der Waals surface area contributed by atoms with Crippen molar-refractivity contribution >= 4 is 0 Å². The molecule has 4 nitrogen and oxygen atoms in total. The number of rotatable bonds is 5. The number of hydrogen-bond donors (Lipinski definition) is 2. The molecule has 1 aromatic carbocycles. The number of hydrogen-bond acceptors (Lipinski definition) is 3. The van der Waals surface area contributed by atoms with Crippen LogP contribution in [0.4, 0.5) is 4.39 Å². The molecule has 1 atom stereocenters. The van der Waals surface area contributed by atoms with Crippen LogP contribution in [-0.4, -0.2) is 9.97 Å². The van der Waals surface area contributed by atoms with Gasteiger partial charge >= 0.3 is 0 Å². The third kappa shape index (κ3) is 3.18. The third-order valence-corrected chi connectivity index (χ3v) is 2.96.